The number of likely N-dealkylation sites (N-methyl/N-ethyl adjacent to an activating group) is 1. The maximum absolute atomic E-state index is 4.69. The van der Waals surface area contributed by atoms with E-state index in [0.29, 0.717) is 0 Å². The summed E-state index contributed by atoms with van der Waals surface area (Å²) in [5.74, 6) is 0. The number of fused-ring (bicyclic) bond motifs is 2. The van der Waals surface area contributed by atoms with Crippen LogP contribution >= 0.6 is 0 Å². The molecule has 3 aromatic rings. The van der Waals surface area contributed by atoms with E-state index in [4.69, 9.17) is 0 Å². The van der Waals surface area contributed by atoms with Crippen molar-refractivity contribution in [2.45, 2.75) is 6.92 Å². The van der Waals surface area contributed by atoms with Crippen LogP contribution in [0.15, 0.2) is 84.6 Å². The largest absolute Gasteiger partial charge is 0.341 e. The molecule has 25 heavy (non-hydrogen) atoms. The molecule has 2 nitrogen and oxygen atoms in total. The highest BCUT2D eigenvalue weighted by Crippen LogP contribution is 2.30. The first-order chi connectivity index (χ1) is 12.3. The molecule has 0 N–H and O–H groups in total. The second kappa shape index (κ2) is 6.78. The lowest BCUT2D eigenvalue weighted by Crippen LogP contribution is -2.23. The maximum Gasteiger partial charge on any atom is 0.0709 e. The van der Waals surface area contributed by atoms with Gasteiger partial charge in [-0.25, -0.2) is 4.98 Å². The number of anilines is 1. The fraction of sp³-hybridized carbons (Fsp3) is 0.0870. The fourth-order valence-corrected chi connectivity index (χ4v) is 3.20. The van der Waals surface area contributed by atoms with Crippen LogP contribution in [0.25, 0.3) is 23.1 Å². The van der Waals surface area contributed by atoms with Gasteiger partial charge in [-0.05, 0) is 48.9 Å². The molecule has 2 heteroatoms. The standard InChI is InChI=1S/C23H20N2/c1-2-25-21(17-15-19-9-4-6-13-23(19)25)11-7-10-20-16-14-18-8-3-5-12-22(18)24-20/h3-17H,2H2,1H3/b10-7+,21-11+. The molecule has 4 rings (SSSR count). The lowest BCUT2D eigenvalue weighted by molar-refractivity contribution is 0.971. The highest BCUT2D eigenvalue weighted by molar-refractivity contribution is 5.80. The molecule has 0 amide bonds. The van der Waals surface area contributed by atoms with Crippen LogP contribution in [-0.4, -0.2) is 11.5 Å². The summed E-state index contributed by atoms with van der Waals surface area (Å²) in [6.45, 7) is 3.12. The summed E-state index contributed by atoms with van der Waals surface area (Å²) in [4.78, 5) is 7.01. The molecule has 2 heterocycles. The summed E-state index contributed by atoms with van der Waals surface area (Å²) in [7, 11) is 0. The molecule has 0 saturated heterocycles. The quantitative estimate of drug-likeness (QED) is 0.615. The zero-order valence-electron chi connectivity index (χ0n) is 14.3. The first kappa shape index (κ1) is 15.4. The van der Waals surface area contributed by atoms with Crippen molar-refractivity contribution in [1.82, 2.24) is 4.98 Å². The Morgan fingerprint density at radius 1 is 0.920 bits per heavy atom. The van der Waals surface area contributed by atoms with Crippen molar-refractivity contribution in [1.29, 1.82) is 0 Å². The van der Waals surface area contributed by atoms with Gasteiger partial charge in [0.05, 0.1) is 11.2 Å². The third-order valence-corrected chi connectivity index (χ3v) is 4.44. The summed E-state index contributed by atoms with van der Waals surface area (Å²) in [6, 6.07) is 20.9. The SMILES string of the molecule is CCN1/C(=C/C=C/c2ccc3ccccc3n2)C=Cc2ccccc21. The minimum Gasteiger partial charge on any atom is -0.341 e. The van der Waals surface area contributed by atoms with Crippen molar-refractivity contribution in [3.05, 3.63) is 95.8 Å². The molecule has 0 saturated carbocycles. The molecule has 1 aromatic heterocycles. The minimum atomic E-state index is 0.940. The van der Waals surface area contributed by atoms with Gasteiger partial charge in [0.25, 0.3) is 0 Å². The third kappa shape index (κ3) is 3.11. The number of pyridine rings is 1. The van der Waals surface area contributed by atoms with Crippen molar-refractivity contribution < 1.29 is 0 Å². The van der Waals surface area contributed by atoms with E-state index >= 15 is 0 Å². The van der Waals surface area contributed by atoms with Crippen LogP contribution in [0.5, 0.6) is 0 Å². The smallest absolute Gasteiger partial charge is 0.0709 e. The summed E-state index contributed by atoms with van der Waals surface area (Å²) < 4.78 is 0. The monoisotopic (exact) mass is 324 g/mol. The van der Waals surface area contributed by atoms with E-state index < -0.39 is 0 Å². The van der Waals surface area contributed by atoms with Gasteiger partial charge in [-0.2, -0.15) is 0 Å². The van der Waals surface area contributed by atoms with Crippen LogP contribution in [0, 0.1) is 0 Å². The normalized spacial score (nSPS) is 15.2. The van der Waals surface area contributed by atoms with Gasteiger partial charge < -0.3 is 4.90 Å². The Labute approximate surface area is 148 Å². The topological polar surface area (TPSA) is 16.1 Å². The molecule has 0 radical (unpaired) electrons. The average Bonchev–Trinajstić information content (AvgIpc) is 2.67. The van der Waals surface area contributed by atoms with Crippen LogP contribution in [-0.2, 0) is 0 Å². The van der Waals surface area contributed by atoms with Crippen LogP contribution in [0.3, 0.4) is 0 Å². The van der Waals surface area contributed by atoms with E-state index in [1.54, 1.807) is 0 Å². The van der Waals surface area contributed by atoms with Crippen molar-refractivity contribution in [2.24, 2.45) is 0 Å². The van der Waals surface area contributed by atoms with Crippen molar-refractivity contribution in [3.63, 3.8) is 0 Å². The molecule has 2 aromatic carbocycles. The van der Waals surface area contributed by atoms with Crippen LogP contribution in [0.4, 0.5) is 5.69 Å². The summed E-state index contributed by atoms with van der Waals surface area (Å²) >= 11 is 0. The Morgan fingerprint density at radius 2 is 1.76 bits per heavy atom. The molecule has 0 aliphatic carbocycles. The summed E-state index contributed by atoms with van der Waals surface area (Å²) in [6.07, 6.45) is 10.6. The third-order valence-electron chi connectivity index (χ3n) is 4.44. The van der Waals surface area contributed by atoms with E-state index in [2.05, 4.69) is 89.7 Å². The second-order valence-electron chi connectivity index (χ2n) is 6.02. The number of hydrogen-bond donors (Lipinski definition) is 0. The van der Waals surface area contributed by atoms with Gasteiger partial charge in [0.1, 0.15) is 0 Å². The minimum absolute atomic E-state index is 0.940. The van der Waals surface area contributed by atoms with Gasteiger partial charge in [0.2, 0.25) is 0 Å². The first-order valence-corrected chi connectivity index (χ1v) is 8.64. The molecule has 0 unspecified atom stereocenters. The predicted octanol–water partition coefficient (Wildman–Crippen LogP) is 5.69. The van der Waals surface area contributed by atoms with Crippen molar-refractivity contribution in [2.75, 3.05) is 11.4 Å². The Bertz CT molecular complexity index is 996. The number of nitrogens with zero attached hydrogens (tertiary/aromatic N) is 2. The predicted molar refractivity (Wildman–Crippen MR) is 107 cm³/mol. The molecule has 1 aliphatic heterocycles. The van der Waals surface area contributed by atoms with Gasteiger partial charge in [0.15, 0.2) is 0 Å². The summed E-state index contributed by atoms with van der Waals surface area (Å²) in [5, 5.41) is 1.17. The van der Waals surface area contributed by atoms with Gasteiger partial charge in [-0.15, -0.1) is 0 Å². The Hall–Kier alpha value is -3.13. The molecule has 0 atom stereocenters. The zero-order chi connectivity index (χ0) is 17.1. The zero-order valence-corrected chi connectivity index (χ0v) is 14.3. The number of para-hydroxylation sites is 2. The lowest BCUT2D eigenvalue weighted by atomic mass is 10.1. The van der Waals surface area contributed by atoms with E-state index in [1.165, 1.54) is 22.3 Å². The van der Waals surface area contributed by atoms with Crippen LogP contribution in [0.2, 0.25) is 0 Å². The molecule has 1 aliphatic rings. The van der Waals surface area contributed by atoms with Gasteiger partial charge in [0, 0.05) is 23.3 Å². The number of rotatable bonds is 3. The molecule has 0 spiro atoms. The number of benzene rings is 2. The average molecular weight is 324 g/mol. The Balaban J connectivity index is 1.61. The lowest BCUT2D eigenvalue weighted by Gasteiger charge is -2.29. The first-order valence-electron chi connectivity index (χ1n) is 8.64. The number of allylic oxidation sites excluding steroid dienone is 3. The summed E-state index contributed by atoms with van der Waals surface area (Å²) in [5.41, 5.74) is 5.72. The Morgan fingerprint density at radius 3 is 2.68 bits per heavy atom. The Kier molecular flexibility index (Phi) is 4.17. The highest BCUT2D eigenvalue weighted by atomic mass is 15.1. The van der Waals surface area contributed by atoms with Gasteiger partial charge in [-0.1, -0.05) is 54.6 Å². The van der Waals surface area contributed by atoms with E-state index in [-0.39, 0.29) is 0 Å². The van der Waals surface area contributed by atoms with Crippen molar-refractivity contribution in [3.8, 4) is 0 Å². The van der Waals surface area contributed by atoms with E-state index in [0.717, 1.165) is 17.8 Å². The second-order valence-corrected chi connectivity index (χ2v) is 6.02. The fourth-order valence-electron chi connectivity index (χ4n) is 3.20. The molecular weight excluding hydrogens is 304 g/mol. The van der Waals surface area contributed by atoms with E-state index in [9.17, 15) is 0 Å². The van der Waals surface area contributed by atoms with Crippen LogP contribution < -0.4 is 4.90 Å². The van der Waals surface area contributed by atoms with Gasteiger partial charge in [-0.3, -0.25) is 0 Å². The molecule has 0 bridgehead atoms. The number of hydrogen-bond acceptors (Lipinski definition) is 2. The molecular formula is C23H20N2. The number of aromatic nitrogens is 1. The molecule has 0 fully saturated rings. The van der Waals surface area contributed by atoms with E-state index in [1.807, 2.05) is 18.2 Å². The van der Waals surface area contributed by atoms with Crippen molar-refractivity contribution >= 4 is 28.7 Å². The molecule has 122 valence electrons. The highest BCUT2D eigenvalue weighted by Gasteiger charge is 2.14. The van der Waals surface area contributed by atoms with Crippen LogP contribution in [0.1, 0.15) is 18.2 Å². The maximum atomic E-state index is 4.69. The van der Waals surface area contributed by atoms with Gasteiger partial charge >= 0.3 is 0 Å².